The van der Waals surface area contributed by atoms with Crippen LogP contribution in [0.1, 0.15) is 33.1 Å². The zero-order chi connectivity index (χ0) is 12.2. The highest BCUT2D eigenvalue weighted by Crippen LogP contribution is 1.79. The maximum Gasteiger partial charge on any atom is 0.233 e. The Kier molecular flexibility index (Phi) is 9.70. The van der Waals surface area contributed by atoms with Crippen molar-refractivity contribution in [3.05, 3.63) is 0 Å². The third-order valence-electron chi connectivity index (χ3n) is 1.96. The molecule has 0 atom stereocenters. The quantitative estimate of drug-likeness (QED) is 0.488. The Hall–Kier alpha value is -1.10. The van der Waals surface area contributed by atoms with Gasteiger partial charge in [-0.3, -0.25) is 9.59 Å². The summed E-state index contributed by atoms with van der Waals surface area (Å²) in [6.07, 6.45) is 2.30. The number of rotatable bonds is 9. The van der Waals surface area contributed by atoms with Crippen LogP contribution >= 0.6 is 0 Å². The maximum atomic E-state index is 11.2. The molecule has 0 saturated heterocycles. The number of hydrogen-bond acceptors (Lipinski definition) is 3. The van der Waals surface area contributed by atoms with Crippen molar-refractivity contribution in [3.8, 4) is 0 Å². The minimum absolute atomic E-state index is 0.0178. The van der Waals surface area contributed by atoms with E-state index in [1.807, 2.05) is 13.8 Å². The molecule has 0 aliphatic carbocycles. The summed E-state index contributed by atoms with van der Waals surface area (Å²) in [6, 6.07) is 0. The molecule has 5 nitrogen and oxygen atoms in total. The summed E-state index contributed by atoms with van der Waals surface area (Å²) >= 11 is 0. The second-order valence-electron chi connectivity index (χ2n) is 3.63. The lowest BCUT2D eigenvalue weighted by atomic mass is 10.3. The van der Waals surface area contributed by atoms with E-state index in [0.29, 0.717) is 19.5 Å². The zero-order valence-corrected chi connectivity index (χ0v) is 10.3. The van der Waals surface area contributed by atoms with Crippen LogP contribution in [0.15, 0.2) is 0 Å². The van der Waals surface area contributed by atoms with Crippen LogP contribution in [-0.4, -0.2) is 38.0 Å². The standard InChI is InChI=1S/C11H23N3O2/c1-3-6-13-10(15)5-8-12-9-11(16)14-7-4-2/h12H,3-9H2,1-2H3,(H,13,15)(H,14,16). The summed E-state index contributed by atoms with van der Waals surface area (Å²) in [7, 11) is 0. The van der Waals surface area contributed by atoms with Gasteiger partial charge in [-0.2, -0.15) is 0 Å². The minimum atomic E-state index is -0.0178. The highest BCUT2D eigenvalue weighted by molar-refractivity contribution is 5.78. The van der Waals surface area contributed by atoms with Crippen molar-refractivity contribution in [2.75, 3.05) is 26.2 Å². The Morgan fingerprint density at radius 1 is 0.875 bits per heavy atom. The molecule has 0 fully saturated rings. The molecule has 0 aromatic heterocycles. The van der Waals surface area contributed by atoms with E-state index in [1.165, 1.54) is 0 Å². The van der Waals surface area contributed by atoms with Crippen molar-refractivity contribution in [1.29, 1.82) is 0 Å². The highest BCUT2D eigenvalue weighted by Gasteiger charge is 2.01. The molecule has 3 N–H and O–H groups in total. The molecule has 2 amide bonds. The second kappa shape index (κ2) is 10.4. The van der Waals surface area contributed by atoms with Crippen LogP contribution in [-0.2, 0) is 9.59 Å². The van der Waals surface area contributed by atoms with Crippen LogP contribution in [0.5, 0.6) is 0 Å². The predicted molar refractivity (Wildman–Crippen MR) is 64.1 cm³/mol. The van der Waals surface area contributed by atoms with Crippen molar-refractivity contribution in [2.24, 2.45) is 0 Å². The lowest BCUT2D eigenvalue weighted by Gasteiger charge is -2.06. The molecule has 0 aromatic carbocycles. The van der Waals surface area contributed by atoms with E-state index >= 15 is 0 Å². The molecule has 5 heteroatoms. The van der Waals surface area contributed by atoms with Crippen molar-refractivity contribution >= 4 is 11.8 Å². The summed E-state index contributed by atoms with van der Waals surface area (Å²) < 4.78 is 0. The summed E-state index contributed by atoms with van der Waals surface area (Å²) in [5.41, 5.74) is 0. The molecule has 0 radical (unpaired) electrons. The van der Waals surface area contributed by atoms with Crippen LogP contribution in [0.3, 0.4) is 0 Å². The molecule has 0 bridgehead atoms. The van der Waals surface area contributed by atoms with E-state index in [0.717, 1.165) is 19.4 Å². The van der Waals surface area contributed by atoms with Gasteiger partial charge in [0.15, 0.2) is 0 Å². The fourth-order valence-corrected chi connectivity index (χ4v) is 1.08. The number of nitrogens with one attached hydrogen (secondary N) is 3. The third kappa shape index (κ3) is 9.45. The first-order valence-electron chi connectivity index (χ1n) is 5.94. The van der Waals surface area contributed by atoms with E-state index in [1.54, 1.807) is 0 Å². The average molecular weight is 229 g/mol. The van der Waals surface area contributed by atoms with Crippen LogP contribution in [0.4, 0.5) is 0 Å². The topological polar surface area (TPSA) is 70.2 Å². The monoisotopic (exact) mass is 229 g/mol. The van der Waals surface area contributed by atoms with Crippen molar-refractivity contribution in [1.82, 2.24) is 16.0 Å². The van der Waals surface area contributed by atoms with Crippen LogP contribution in [0.2, 0.25) is 0 Å². The number of carbonyl (C=O) groups excluding carboxylic acids is 2. The largest absolute Gasteiger partial charge is 0.356 e. The van der Waals surface area contributed by atoms with Gasteiger partial charge in [0.1, 0.15) is 0 Å². The predicted octanol–water partition coefficient (Wildman–Crippen LogP) is 0.0185. The Bertz CT molecular complexity index is 185. The summed E-state index contributed by atoms with van der Waals surface area (Å²) in [5.74, 6) is 0.0131. The van der Waals surface area contributed by atoms with Gasteiger partial charge < -0.3 is 16.0 Å². The summed E-state index contributed by atoms with van der Waals surface area (Å²) in [4.78, 5) is 22.3. The molecule has 0 saturated carbocycles. The van der Waals surface area contributed by atoms with E-state index in [9.17, 15) is 9.59 Å². The molecule has 0 spiro atoms. The Labute approximate surface area is 97.4 Å². The van der Waals surface area contributed by atoms with Gasteiger partial charge in [0.25, 0.3) is 0 Å². The van der Waals surface area contributed by atoms with Crippen LogP contribution in [0, 0.1) is 0 Å². The minimum Gasteiger partial charge on any atom is -0.356 e. The van der Waals surface area contributed by atoms with Crippen molar-refractivity contribution < 1.29 is 9.59 Å². The smallest absolute Gasteiger partial charge is 0.233 e. The van der Waals surface area contributed by atoms with Gasteiger partial charge in [0, 0.05) is 26.1 Å². The van der Waals surface area contributed by atoms with Crippen LogP contribution in [0.25, 0.3) is 0 Å². The lowest BCUT2D eigenvalue weighted by molar-refractivity contribution is -0.122. The number of hydrogen-bond donors (Lipinski definition) is 3. The first-order valence-corrected chi connectivity index (χ1v) is 5.94. The van der Waals surface area contributed by atoms with Gasteiger partial charge >= 0.3 is 0 Å². The third-order valence-corrected chi connectivity index (χ3v) is 1.96. The SMILES string of the molecule is CCCNC(=O)CCNCC(=O)NCCC. The Balaban J connectivity index is 3.31. The van der Waals surface area contributed by atoms with Gasteiger partial charge in [0.2, 0.25) is 11.8 Å². The molecule has 0 unspecified atom stereocenters. The first kappa shape index (κ1) is 14.9. The van der Waals surface area contributed by atoms with Gasteiger partial charge in [-0.1, -0.05) is 13.8 Å². The fraction of sp³-hybridized carbons (Fsp3) is 0.818. The molecular formula is C11H23N3O2. The van der Waals surface area contributed by atoms with Gasteiger partial charge in [-0.05, 0) is 12.8 Å². The first-order chi connectivity index (χ1) is 7.70. The molecule has 0 aliphatic heterocycles. The molecule has 0 aromatic rings. The van der Waals surface area contributed by atoms with Gasteiger partial charge in [0.05, 0.1) is 6.54 Å². The van der Waals surface area contributed by atoms with Gasteiger partial charge in [-0.25, -0.2) is 0 Å². The summed E-state index contributed by atoms with van der Waals surface area (Å²) in [5, 5.41) is 8.46. The molecule has 0 aliphatic rings. The van der Waals surface area contributed by atoms with E-state index < -0.39 is 0 Å². The van der Waals surface area contributed by atoms with Gasteiger partial charge in [-0.15, -0.1) is 0 Å². The van der Waals surface area contributed by atoms with E-state index in [4.69, 9.17) is 0 Å². The second-order valence-corrected chi connectivity index (χ2v) is 3.63. The average Bonchev–Trinajstić information content (AvgIpc) is 2.29. The molecule has 94 valence electrons. The fourth-order valence-electron chi connectivity index (χ4n) is 1.08. The molecule has 0 rings (SSSR count). The number of amides is 2. The van der Waals surface area contributed by atoms with Crippen molar-refractivity contribution in [3.63, 3.8) is 0 Å². The van der Waals surface area contributed by atoms with Crippen LogP contribution < -0.4 is 16.0 Å². The molecule has 0 heterocycles. The van der Waals surface area contributed by atoms with E-state index in [-0.39, 0.29) is 18.4 Å². The lowest BCUT2D eigenvalue weighted by Crippen LogP contribution is -2.36. The molecular weight excluding hydrogens is 206 g/mol. The Morgan fingerprint density at radius 3 is 2.00 bits per heavy atom. The maximum absolute atomic E-state index is 11.2. The normalized spacial score (nSPS) is 9.88. The highest BCUT2D eigenvalue weighted by atomic mass is 16.2. The Morgan fingerprint density at radius 2 is 1.44 bits per heavy atom. The van der Waals surface area contributed by atoms with E-state index in [2.05, 4.69) is 16.0 Å². The zero-order valence-electron chi connectivity index (χ0n) is 10.3. The van der Waals surface area contributed by atoms with Crippen molar-refractivity contribution in [2.45, 2.75) is 33.1 Å². The number of carbonyl (C=O) groups is 2. The summed E-state index contributed by atoms with van der Waals surface area (Å²) in [6.45, 7) is 6.26. The molecule has 16 heavy (non-hydrogen) atoms.